The summed E-state index contributed by atoms with van der Waals surface area (Å²) in [5.74, 6) is -1.37. The molecule has 1 aliphatic carbocycles. The van der Waals surface area contributed by atoms with Gasteiger partial charge in [0.1, 0.15) is 5.54 Å². The molecule has 0 radical (unpaired) electrons. The van der Waals surface area contributed by atoms with Crippen LogP contribution in [0.1, 0.15) is 29.9 Å². The summed E-state index contributed by atoms with van der Waals surface area (Å²) < 4.78 is 5.20. The zero-order valence-electron chi connectivity index (χ0n) is 11.1. The fourth-order valence-electron chi connectivity index (χ4n) is 2.93. The van der Waals surface area contributed by atoms with Crippen molar-refractivity contribution >= 4 is 11.9 Å². The fraction of sp³-hybridized carbons (Fsp3) is 0.467. The van der Waals surface area contributed by atoms with E-state index in [0.29, 0.717) is 32.5 Å². The number of hydrogen-bond donors (Lipinski definition) is 2. The number of ether oxygens (including phenoxy) is 1. The van der Waals surface area contributed by atoms with Crippen LogP contribution in [-0.4, -0.2) is 35.7 Å². The second kappa shape index (κ2) is 4.90. The maximum absolute atomic E-state index is 12.4. The summed E-state index contributed by atoms with van der Waals surface area (Å²) in [5, 5.41) is 12.2. The highest BCUT2D eigenvalue weighted by Gasteiger charge is 2.44. The van der Waals surface area contributed by atoms with Gasteiger partial charge in [-0.25, -0.2) is 4.79 Å². The van der Waals surface area contributed by atoms with E-state index >= 15 is 0 Å². The average molecular weight is 275 g/mol. The molecule has 1 aromatic rings. The second-order valence-corrected chi connectivity index (χ2v) is 5.44. The van der Waals surface area contributed by atoms with Gasteiger partial charge in [0.05, 0.1) is 5.92 Å². The number of rotatable bonds is 3. The van der Waals surface area contributed by atoms with Crippen molar-refractivity contribution in [3.05, 3.63) is 35.4 Å². The molecular weight excluding hydrogens is 258 g/mol. The Morgan fingerprint density at radius 1 is 1.25 bits per heavy atom. The highest BCUT2D eigenvalue weighted by Crippen LogP contribution is 2.35. The number of carbonyl (C=O) groups is 2. The van der Waals surface area contributed by atoms with Gasteiger partial charge < -0.3 is 15.2 Å². The molecule has 1 heterocycles. The first-order valence-corrected chi connectivity index (χ1v) is 6.83. The van der Waals surface area contributed by atoms with Crippen molar-refractivity contribution in [2.75, 3.05) is 13.2 Å². The third kappa shape index (κ3) is 2.08. The fourth-order valence-corrected chi connectivity index (χ4v) is 2.93. The molecule has 0 aromatic heterocycles. The molecular formula is C15H17NO4. The lowest BCUT2D eigenvalue weighted by molar-refractivity contribution is -0.152. The summed E-state index contributed by atoms with van der Waals surface area (Å²) in [5.41, 5.74) is 1.02. The quantitative estimate of drug-likeness (QED) is 0.865. The predicted molar refractivity (Wildman–Crippen MR) is 71.4 cm³/mol. The van der Waals surface area contributed by atoms with E-state index in [1.54, 1.807) is 0 Å². The molecule has 2 N–H and O–H groups in total. The molecule has 1 aliphatic heterocycles. The first-order chi connectivity index (χ1) is 9.62. The Kier molecular flexibility index (Phi) is 3.22. The Bertz CT molecular complexity index is 549. The van der Waals surface area contributed by atoms with Crippen LogP contribution in [0.4, 0.5) is 0 Å². The zero-order valence-corrected chi connectivity index (χ0v) is 11.1. The number of amides is 1. The number of carbonyl (C=O) groups excluding carboxylic acids is 1. The van der Waals surface area contributed by atoms with E-state index in [2.05, 4.69) is 5.32 Å². The smallest absolute Gasteiger partial charge is 0.329 e. The summed E-state index contributed by atoms with van der Waals surface area (Å²) in [6, 6.07) is 7.78. The summed E-state index contributed by atoms with van der Waals surface area (Å²) >= 11 is 0. The van der Waals surface area contributed by atoms with Crippen molar-refractivity contribution in [1.29, 1.82) is 0 Å². The molecule has 5 heteroatoms. The monoisotopic (exact) mass is 275 g/mol. The van der Waals surface area contributed by atoms with Gasteiger partial charge in [0.25, 0.3) is 0 Å². The van der Waals surface area contributed by atoms with Gasteiger partial charge in [-0.1, -0.05) is 24.3 Å². The van der Waals surface area contributed by atoms with Gasteiger partial charge >= 0.3 is 5.97 Å². The minimum absolute atomic E-state index is 0.187. The van der Waals surface area contributed by atoms with Crippen LogP contribution >= 0.6 is 0 Å². The molecule has 0 bridgehead atoms. The maximum atomic E-state index is 12.4. The lowest BCUT2D eigenvalue weighted by atomic mass is 9.76. The number of hydrogen-bond acceptors (Lipinski definition) is 3. The van der Waals surface area contributed by atoms with Crippen molar-refractivity contribution in [1.82, 2.24) is 5.32 Å². The van der Waals surface area contributed by atoms with Crippen molar-refractivity contribution in [2.24, 2.45) is 0 Å². The predicted octanol–water partition coefficient (Wildman–Crippen LogP) is 1.08. The van der Waals surface area contributed by atoms with Gasteiger partial charge in [0.15, 0.2) is 0 Å². The topological polar surface area (TPSA) is 75.6 Å². The average Bonchev–Trinajstić information content (AvgIpc) is 2.41. The second-order valence-electron chi connectivity index (χ2n) is 5.44. The Morgan fingerprint density at radius 2 is 1.95 bits per heavy atom. The lowest BCUT2D eigenvalue weighted by Gasteiger charge is -2.37. The van der Waals surface area contributed by atoms with E-state index in [4.69, 9.17) is 4.74 Å². The van der Waals surface area contributed by atoms with Gasteiger partial charge in [-0.3, -0.25) is 4.79 Å². The molecule has 1 amide bonds. The van der Waals surface area contributed by atoms with Crippen LogP contribution < -0.4 is 5.32 Å². The van der Waals surface area contributed by atoms with Crippen LogP contribution in [0.3, 0.4) is 0 Å². The highest BCUT2D eigenvalue weighted by molar-refractivity contribution is 5.92. The van der Waals surface area contributed by atoms with Crippen LogP contribution in [0.2, 0.25) is 0 Å². The molecule has 1 atom stereocenters. The highest BCUT2D eigenvalue weighted by atomic mass is 16.5. The molecule has 1 fully saturated rings. The van der Waals surface area contributed by atoms with Crippen molar-refractivity contribution in [3.63, 3.8) is 0 Å². The van der Waals surface area contributed by atoms with Crippen LogP contribution in [0, 0.1) is 0 Å². The first-order valence-electron chi connectivity index (χ1n) is 6.83. The molecule has 1 saturated heterocycles. The van der Waals surface area contributed by atoms with Gasteiger partial charge in [-0.05, 0) is 17.5 Å². The Hall–Kier alpha value is -1.88. The summed E-state index contributed by atoms with van der Waals surface area (Å²) in [6.45, 7) is 0.738. The Labute approximate surface area is 116 Å². The van der Waals surface area contributed by atoms with E-state index in [0.717, 1.165) is 5.56 Å². The van der Waals surface area contributed by atoms with Gasteiger partial charge in [0.2, 0.25) is 5.91 Å². The van der Waals surface area contributed by atoms with E-state index in [1.165, 1.54) is 5.56 Å². The van der Waals surface area contributed by atoms with Gasteiger partial charge in [-0.15, -0.1) is 0 Å². The Morgan fingerprint density at radius 3 is 2.60 bits per heavy atom. The number of aliphatic carboxylic acids is 1. The van der Waals surface area contributed by atoms with Gasteiger partial charge in [-0.2, -0.15) is 0 Å². The minimum atomic E-state index is -1.17. The third-order valence-corrected chi connectivity index (χ3v) is 4.29. The van der Waals surface area contributed by atoms with E-state index in [-0.39, 0.29) is 11.8 Å². The normalized spacial score (nSPS) is 23.3. The Balaban J connectivity index is 1.74. The third-order valence-electron chi connectivity index (χ3n) is 4.29. The SMILES string of the molecule is O=C(NC1(C(=O)O)CCOCC1)C1Cc2ccccc21. The molecule has 3 rings (SSSR count). The molecule has 2 aliphatic rings. The lowest BCUT2D eigenvalue weighted by Crippen LogP contribution is -2.59. The summed E-state index contributed by atoms with van der Waals surface area (Å²) in [7, 11) is 0. The molecule has 0 spiro atoms. The minimum Gasteiger partial charge on any atom is -0.480 e. The molecule has 20 heavy (non-hydrogen) atoms. The summed E-state index contributed by atoms with van der Waals surface area (Å²) in [4.78, 5) is 23.9. The van der Waals surface area contributed by atoms with Crippen LogP contribution in [0.5, 0.6) is 0 Å². The molecule has 5 nitrogen and oxygen atoms in total. The number of fused-ring (bicyclic) bond motifs is 1. The van der Waals surface area contributed by atoms with Gasteiger partial charge in [0, 0.05) is 26.1 Å². The number of carboxylic acid groups (broad SMARTS) is 1. The number of benzene rings is 1. The van der Waals surface area contributed by atoms with E-state index < -0.39 is 11.5 Å². The molecule has 0 saturated carbocycles. The van der Waals surface area contributed by atoms with E-state index in [9.17, 15) is 14.7 Å². The summed E-state index contributed by atoms with van der Waals surface area (Å²) in [6.07, 6.45) is 1.33. The molecule has 106 valence electrons. The zero-order chi connectivity index (χ0) is 14.2. The van der Waals surface area contributed by atoms with Crippen LogP contribution in [-0.2, 0) is 20.7 Å². The van der Waals surface area contributed by atoms with Crippen LogP contribution in [0.25, 0.3) is 0 Å². The number of nitrogens with one attached hydrogen (secondary N) is 1. The first kappa shape index (κ1) is 13.1. The standard InChI is InChI=1S/C15H17NO4/c17-13(12-9-10-3-1-2-4-11(10)12)16-15(14(18)19)5-7-20-8-6-15/h1-4,12H,5-9H2,(H,16,17)(H,18,19). The number of carboxylic acids is 1. The van der Waals surface area contributed by atoms with Crippen molar-refractivity contribution < 1.29 is 19.4 Å². The van der Waals surface area contributed by atoms with Crippen molar-refractivity contribution in [2.45, 2.75) is 30.7 Å². The van der Waals surface area contributed by atoms with E-state index in [1.807, 2.05) is 24.3 Å². The maximum Gasteiger partial charge on any atom is 0.329 e. The van der Waals surface area contributed by atoms with Crippen molar-refractivity contribution in [3.8, 4) is 0 Å². The largest absolute Gasteiger partial charge is 0.480 e. The van der Waals surface area contributed by atoms with Crippen LogP contribution in [0.15, 0.2) is 24.3 Å². The molecule has 1 unspecified atom stereocenters. The molecule has 1 aromatic carbocycles.